The second-order valence-electron chi connectivity index (χ2n) is 7.99. The molecule has 0 fully saturated rings. The van der Waals surface area contributed by atoms with Gasteiger partial charge >= 0.3 is 0 Å². The number of ether oxygens (including phenoxy) is 2. The van der Waals surface area contributed by atoms with Gasteiger partial charge in [0.05, 0.1) is 56.3 Å². The third-order valence-corrected chi connectivity index (χ3v) is 6.15. The van der Waals surface area contributed by atoms with Crippen molar-refractivity contribution in [2.45, 2.75) is 26.9 Å². The van der Waals surface area contributed by atoms with Crippen molar-refractivity contribution >= 4 is 40.3 Å². The van der Waals surface area contributed by atoms with Crippen molar-refractivity contribution < 1.29 is 9.47 Å². The molecule has 4 aromatic rings. The maximum atomic E-state index is 6.26. The van der Waals surface area contributed by atoms with Crippen LogP contribution in [0.3, 0.4) is 0 Å². The Morgan fingerprint density at radius 1 is 1.03 bits per heavy atom. The molecule has 0 atom stereocenters. The summed E-state index contributed by atoms with van der Waals surface area (Å²) in [6.45, 7) is 5.12. The molecule has 0 saturated carbocycles. The molecule has 0 aliphatic rings. The van der Waals surface area contributed by atoms with Crippen LogP contribution in [0, 0.1) is 13.8 Å². The quantitative estimate of drug-likeness (QED) is 0.312. The number of methoxy groups -OCH3 is 2. The highest BCUT2D eigenvalue weighted by Gasteiger charge is 2.15. The van der Waals surface area contributed by atoms with Gasteiger partial charge in [-0.1, -0.05) is 35.9 Å². The Kier molecular flexibility index (Phi) is 7.57. The molecule has 0 amide bonds. The fraction of sp³-hybridized carbons (Fsp3) is 0.240. The number of benzene rings is 2. The lowest BCUT2D eigenvalue weighted by Gasteiger charge is -2.11. The zero-order valence-corrected chi connectivity index (χ0v) is 21.6. The lowest BCUT2D eigenvalue weighted by molar-refractivity contribution is 0.354. The number of halogens is 1. The molecule has 2 N–H and O–H groups in total. The summed E-state index contributed by atoms with van der Waals surface area (Å²) < 4.78 is 14.5. The molecule has 10 heteroatoms. The van der Waals surface area contributed by atoms with Gasteiger partial charge in [-0.2, -0.15) is 10.2 Å². The Balaban J connectivity index is 1.41. The summed E-state index contributed by atoms with van der Waals surface area (Å²) in [7, 11) is 3.25. The van der Waals surface area contributed by atoms with Gasteiger partial charge in [0.1, 0.15) is 0 Å². The van der Waals surface area contributed by atoms with Gasteiger partial charge in [0.25, 0.3) is 0 Å². The van der Waals surface area contributed by atoms with E-state index in [-0.39, 0.29) is 0 Å². The van der Waals surface area contributed by atoms with Gasteiger partial charge in [-0.05, 0) is 55.4 Å². The first-order chi connectivity index (χ1) is 16.9. The van der Waals surface area contributed by atoms with Gasteiger partial charge in [0.15, 0.2) is 16.6 Å². The van der Waals surface area contributed by atoms with Gasteiger partial charge in [-0.3, -0.25) is 9.36 Å². The highest BCUT2D eigenvalue weighted by Crippen LogP contribution is 2.29. The molecule has 2 aromatic carbocycles. The number of anilines is 2. The van der Waals surface area contributed by atoms with E-state index >= 15 is 0 Å². The van der Waals surface area contributed by atoms with E-state index in [1.807, 2.05) is 71.9 Å². The largest absolute Gasteiger partial charge is 0.493 e. The molecule has 0 spiro atoms. The minimum absolute atomic E-state index is 0.458. The first-order valence-electron chi connectivity index (χ1n) is 11.0. The Labute approximate surface area is 214 Å². The third kappa shape index (κ3) is 5.75. The number of nitrogens with one attached hydrogen (secondary N) is 2. The first-order valence-corrected chi connectivity index (χ1v) is 11.7. The summed E-state index contributed by atoms with van der Waals surface area (Å²) in [5, 5.41) is 16.7. The predicted molar refractivity (Wildman–Crippen MR) is 143 cm³/mol. The average molecular weight is 511 g/mol. The molecule has 0 bridgehead atoms. The van der Waals surface area contributed by atoms with Crippen molar-refractivity contribution in [3.8, 4) is 11.5 Å². The highest BCUT2D eigenvalue weighted by atomic mass is 35.5. The molecule has 0 saturated heterocycles. The molecule has 182 valence electrons. The second kappa shape index (κ2) is 10.8. The maximum absolute atomic E-state index is 6.26. The Morgan fingerprint density at radius 2 is 1.80 bits per heavy atom. The van der Waals surface area contributed by atoms with E-state index < -0.39 is 0 Å². The van der Waals surface area contributed by atoms with Crippen molar-refractivity contribution in [1.29, 1.82) is 0 Å². The summed E-state index contributed by atoms with van der Waals surface area (Å²) in [5.74, 6) is 1.38. The van der Waals surface area contributed by atoms with Gasteiger partial charge < -0.3 is 20.1 Å². The summed E-state index contributed by atoms with van der Waals surface area (Å²) in [6.07, 6.45) is 3.61. The predicted octanol–water partition coefficient (Wildman–Crippen LogP) is 5.27. The number of rotatable bonds is 8. The molecule has 0 radical (unpaired) electrons. The van der Waals surface area contributed by atoms with Gasteiger partial charge in [0, 0.05) is 11.2 Å². The third-order valence-electron chi connectivity index (χ3n) is 5.58. The van der Waals surface area contributed by atoms with Crippen molar-refractivity contribution in [3.63, 3.8) is 0 Å². The monoisotopic (exact) mass is 510 g/mol. The summed E-state index contributed by atoms with van der Waals surface area (Å²) in [6, 6.07) is 13.6. The molecule has 0 aliphatic carbocycles. The molecule has 35 heavy (non-hydrogen) atoms. The number of hydrogen-bond donors (Lipinski definition) is 2. The zero-order chi connectivity index (χ0) is 24.9. The smallest absolute Gasteiger partial charge is 0.175 e. The number of aromatic nitrogens is 4. The van der Waals surface area contributed by atoms with Crippen molar-refractivity contribution in [1.82, 2.24) is 19.6 Å². The zero-order valence-electron chi connectivity index (χ0n) is 20.0. The van der Waals surface area contributed by atoms with Gasteiger partial charge in [-0.25, -0.2) is 0 Å². The normalized spacial score (nSPS) is 10.8. The topological polar surface area (TPSA) is 78.2 Å². The van der Waals surface area contributed by atoms with Crippen LogP contribution in [-0.2, 0) is 13.1 Å². The second-order valence-corrected chi connectivity index (χ2v) is 8.81. The molecule has 4 rings (SSSR count). The standard InChI is InChI=1S/C25H27ClN6O2S/c1-16-24(17(2)32(30-16)13-18-9-10-22(33-3)23(11-18)34-4)29-25(35)28-20-12-27-31(15-20)14-19-7-5-6-8-21(19)26/h5-12,15H,13-14H2,1-4H3,(H2,28,29,35). The van der Waals surface area contributed by atoms with Crippen LogP contribution in [0.5, 0.6) is 11.5 Å². The molecule has 8 nitrogen and oxygen atoms in total. The summed E-state index contributed by atoms with van der Waals surface area (Å²) >= 11 is 11.8. The number of hydrogen-bond acceptors (Lipinski definition) is 5. The maximum Gasteiger partial charge on any atom is 0.175 e. The first kappa shape index (κ1) is 24.6. The minimum atomic E-state index is 0.458. The van der Waals surface area contributed by atoms with Crippen molar-refractivity contribution in [2.24, 2.45) is 0 Å². The molecule has 0 unspecified atom stereocenters. The van der Waals surface area contributed by atoms with Crippen LogP contribution in [0.2, 0.25) is 5.02 Å². The van der Waals surface area contributed by atoms with Gasteiger partial charge in [-0.15, -0.1) is 0 Å². The molecule has 0 aliphatic heterocycles. The summed E-state index contributed by atoms with van der Waals surface area (Å²) in [5.41, 5.74) is 5.51. The van der Waals surface area contributed by atoms with E-state index in [1.54, 1.807) is 20.4 Å². The van der Waals surface area contributed by atoms with Crippen molar-refractivity contribution in [3.05, 3.63) is 82.4 Å². The SMILES string of the molecule is COc1ccc(Cn2nc(C)c(NC(=S)Nc3cnn(Cc4ccccc4Cl)c3)c2C)cc1OC. The van der Waals surface area contributed by atoms with E-state index in [4.69, 9.17) is 33.3 Å². The van der Waals surface area contributed by atoms with Crippen LogP contribution in [0.15, 0.2) is 54.9 Å². The van der Waals surface area contributed by atoms with E-state index in [0.29, 0.717) is 34.7 Å². The molecule has 2 heterocycles. The van der Waals surface area contributed by atoms with Gasteiger partial charge in [0.2, 0.25) is 0 Å². The highest BCUT2D eigenvalue weighted by molar-refractivity contribution is 7.80. The fourth-order valence-corrected chi connectivity index (χ4v) is 4.19. The van der Waals surface area contributed by atoms with Crippen LogP contribution >= 0.6 is 23.8 Å². The minimum Gasteiger partial charge on any atom is -0.493 e. The molecular formula is C25H27ClN6O2S. The van der Waals surface area contributed by atoms with E-state index in [9.17, 15) is 0 Å². The fourth-order valence-electron chi connectivity index (χ4n) is 3.78. The van der Waals surface area contributed by atoms with Crippen LogP contribution in [0.1, 0.15) is 22.5 Å². The van der Waals surface area contributed by atoms with Crippen LogP contribution in [0.25, 0.3) is 0 Å². The average Bonchev–Trinajstić information content (AvgIpc) is 3.39. The number of aryl methyl sites for hydroxylation is 1. The Hall–Kier alpha value is -3.56. The lowest BCUT2D eigenvalue weighted by Crippen LogP contribution is -2.19. The Bertz CT molecular complexity index is 1350. The summed E-state index contributed by atoms with van der Waals surface area (Å²) in [4.78, 5) is 0. The lowest BCUT2D eigenvalue weighted by atomic mass is 10.2. The van der Waals surface area contributed by atoms with Crippen LogP contribution in [-0.4, -0.2) is 38.9 Å². The van der Waals surface area contributed by atoms with E-state index in [1.165, 1.54) is 0 Å². The van der Waals surface area contributed by atoms with E-state index in [2.05, 4.69) is 20.8 Å². The Morgan fingerprint density at radius 3 is 2.54 bits per heavy atom. The molecule has 2 aromatic heterocycles. The van der Waals surface area contributed by atoms with Crippen molar-refractivity contribution in [2.75, 3.05) is 24.9 Å². The molecular weight excluding hydrogens is 484 g/mol. The number of thiocarbonyl (C=S) groups is 1. The van der Waals surface area contributed by atoms with Crippen LogP contribution in [0.4, 0.5) is 11.4 Å². The van der Waals surface area contributed by atoms with Crippen LogP contribution < -0.4 is 20.1 Å². The number of nitrogens with zero attached hydrogens (tertiary/aromatic N) is 4. The van der Waals surface area contributed by atoms with E-state index in [0.717, 1.165) is 33.9 Å².